The predicted octanol–water partition coefficient (Wildman–Crippen LogP) is 9.42. The van der Waals surface area contributed by atoms with Gasteiger partial charge in [0.1, 0.15) is 23.0 Å². The van der Waals surface area contributed by atoms with Crippen LogP contribution in [0.4, 0.5) is 11.4 Å². The molecule has 0 heterocycles. The number of hydrogen-bond acceptors (Lipinski definition) is 4. The number of rotatable bonds is 6. The predicted molar refractivity (Wildman–Crippen MR) is 175 cm³/mol. The zero-order valence-electron chi connectivity index (χ0n) is 24.2. The van der Waals surface area contributed by atoms with E-state index in [0.717, 1.165) is 33.8 Å². The summed E-state index contributed by atoms with van der Waals surface area (Å²) in [6.07, 6.45) is 0. The fourth-order valence-corrected chi connectivity index (χ4v) is 6.35. The van der Waals surface area contributed by atoms with Gasteiger partial charge in [-0.3, -0.25) is 0 Å². The molecule has 4 nitrogen and oxygen atoms in total. The zero-order chi connectivity index (χ0) is 29.6. The Balaban J connectivity index is 1.34. The molecule has 0 amide bonds. The van der Waals surface area contributed by atoms with E-state index in [1.807, 2.05) is 74.5 Å². The van der Waals surface area contributed by atoms with Crippen LogP contribution >= 0.6 is 0 Å². The molecule has 43 heavy (non-hydrogen) atoms. The number of nitrogens with two attached hydrogens (primary N) is 2. The van der Waals surface area contributed by atoms with Crippen LogP contribution in [0.2, 0.25) is 0 Å². The van der Waals surface area contributed by atoms with E-state index in [1.54, 1.807) is 0 Å². The highest BCUT2D eigenvalue weighted by Crippen LogP contribution is 2.56. The molecule has 1 aliphatic rings. The van der Waals surface area contributed by atoms with E-state index < -0.39 is 5.41 Å². The van der Waals surface area contributed by atoms with E-state index in [0.29, 0.717) is 22.9 Å². The van der Waals surface area contributed by atoms with Crippen molar-refractivity contribution in [2.75, 3.05) is 11.5 Å². The van der Waals surface area contributed by atoms with Gasteiger partial charge in [-0.05, 0) is 107 Å². The molecule has 210 valence electrons. The molecule has 0 radical (unpaired) electrons. The van der Waals surface area contributed by atoms with Crippen molar-refractivity contribution >= 4 is 11.4 Å². The Bertz CT molecular complexity index is 1820. The van der Waals surface area contributed by atoms with Crippen LogP contribution in [0.1, 0.15) is 33.4 Å². The average Bonchev–Trinajstić information content (AvgIpc) is 3.32. The van der Waals surface area contributed by atoms with Crippen LogP contribution in [0.15, 0.2) is 133 Å². The van der Waals surface area contributed by atoms with E-state index in [4.69, 9.17) is 20.9 Å². The van der Waals surface area contributed by atoms with Crippen LogP contribution in [0, 0.1) is 13.8 Å². The summed E-state index contributed by atoms with van der Waals surface area (Å²) >= 11 is 0. The van der Waals surface area contributed by atoms with Gasteiger partial charge in [0, 0.05) is 0 Å². The minimum Gasteiger partial charge on any atom is -0.455 e. The van der Waals surface area contributed by atoms with E-state index in [-0.39, 0.29) is 0 Å². The molecule has 0 saturated carbocycles. The second-order valence-electron chi connectivity index (χ2n) is 11.2. The zero-order valence-corrected chi connectivity index (χ0v) is 24.2. The van der Waals surface area contributed by atoms with E-state index in [9.17, 15) is 0 Å². The first-order valence-corrected chi connectivity index (χ1v) is 14.4. The Morgan fingerprint density at radius 1 is 0.465 bits per heavy atom. The van der Waals surface area contributed by atoms with Gasteiger partial charge >= 0.3 is 0 Å². The highest BCUT2D eigenvalue weighted by molar-refractivity contribution is 5.86. The third-order valence-corrected chi connectivity index (χ3v) is 8.31. The summed E-state index contributed by atoms with van der Waals surface area (Å²) in [6, 6.07) is 45.8. The Kier molecular flexibility index (Phi) is 6.40. The van der Waals surface area contributed by atoms with Crippen molar-refractivity contribution in [3.05, 3.63) is 167 Å². The van der Waals surface area contributed by atoms with Crippen molar-refractivity contribution in [3.8, 4) is 34.1 Å². The maximum absolute atomic E-state index is 6.24. The van der Waals surface area contributed by atoms with Crippen molar-refractivity contribution < 1.29 is 9.47 Å². The number of benzene rings is 6. The smallest absolute Gasteiger partial charge is 0.150 e. The lowest BCUT2D eigenvalue weighted by Crippen LogP contribution is -2.28. The molecule has 7 rings (SSSR count). The maximum atomic E-state index is 6.24. The second kappa shape index (κ2) is 10.4. The van der Waals surface area contributed by atoms with Crippen LogP contribution in [0.25, 0.3) is 11.1 Å². The van der Waals surface area contributed by atoms with Crippen LogP contribution < -0.4 is 20.9 Å². The van der Waals surface area contributed by atoms with Crippen molar-refractivity contribution in [2.45, 2.75) is 19.3 Å². The topological polar surface area (TPSA) is 70.5 Å². The van der Waals surface area contributed by atoms with Crippen molar-refractivity contribution in [3.63, 3.8) is 0 Å². The summed E-state index contributed by atoms with van der Waals surface area (Å²) in [5, 5.41) is 0. The van der Waals surface area contributed by atoms with Gasteiger partial charge in [0.15, 0.2) is 0 Å². The van der Waals surface area contributed by atoms with E-state index >= 15 is 0 Å². The van der Waals surface area contributed by atoms with Crippen LogP contribution in [0.3, 0.4) is 0 Å². The first kappa shape index (κ1) is 26.4. The number of anilines is 2. The maximum Gasteiger partial charge on any atom is 0.150 e. The number of fused-ring (bicyclic) bond motifs is 3. The number of aryl methyl sites for hydroxylation is 2. The van der Waals surface area contributed by atoms with Gasteiger partial charge in [-0.25, -0.2) is 0 Å². The quantitative estimate of drug-likeness (QED) is 0.199. The van der Waals surface area contributed by atoms with Crippen LogP contribution in [-0.2, 0) is 5.41 Å². The second-order valence-corrected chi connectivity index (χ2v) is 11.2. The molecule has 4 heteroatoms. The number of nitrogen functional groups attached to an aromatic ring is 2. The molecule has 0 unspecified atom stereocenters. The van der Waals surface area contributed by atoms with Gasteiger partial charge in [0.25, 0.3) is 0 Å². The SMILES string of the molecule is Cc1ccc(Oc2ccc(C3(c4ccc(Oc5ccc(C)cc5N)cc4)c4ccccc4-c4ccccc43)cc2)c(N)c1. The van der Waals surface area contributed by atoms with E-state index in [1.165, 1.54) is 22.3 Å². The normalized spacial score (nSPS) is 12.8. The molecule has 4 N–H and O–H groups in total. The third-order valence-electron chi connectivity index (χ3n) is 8.31. The third kappa shape index (κ3) is 4.48. The lowest BCUT2D eigenvalue weighted by molar-refractivity contribution is 0.484. The summed E-state index contributed by atoms with van der Waals surface area (Å²) in [5.41, 5.74) is 22.6. The Morgan fingerprint density at radius 2 is 0.860 bits per heavy atom. The summed E-state index contributed by atoms with van der Waals surface area (Å²) in [5.74, 6) is 2.76. The fraction of sp³-hybridized carbons (Fsp3) is 0.0769. The highest BCUT2D eigenvalue weighted by atomic mass is 16.5. The lowest BCUT2D eigenvalue weighted by atomic mass is 9.68. The molecule has 0 aromatic heterocycles. The highest BCUT2D eigenvalue weighted by Gasteiger charge is 2.45. The molecular formula is C39H32N2O2. The standard InChI is InChI=1S/C39H32N2O2/c1-25-11-21-37(35(40)23-25)42-29-17-13-27(14-18-29)39(33-9-5-3-7-31(33)32-8-4-6-10-34(32)39)28-15-19-30(20-16-28)43-38-22-12-26(2)24-36(38)41/h3-24H,40-41H2,1-2H3. The minimum absolute atomic E-state index is 0.532. The molecule has 0 fully saturated rings. The van der Waals surface area contributed by atoms with Gasteiger partial charge in [-0.15, -0.1) is 0 Å². The molecule has 0 aliphatic heterocycles. The molecule has 0 spiro atoms. The summed E-state index contributed by atoms with van der Waals surface area (Å²) < 4.78 is 12.4. The van der Waals surface area contributed by atoms with Crippen molar-refractivity contribution in [1.82, 2.24) is 0 Å². The Hall–Kier alpha value is -5.48. The van der Waals surface area contributed by atoms with Gasteiger partial charge in [0.05, 0.1) is 16.8 Å². The molecule has 0 atom stereocenters. The van der Waals surface area contributed by atoms with Gasteiger partial charge < -0.3 is 20.9 Å². The van der Waals surface area contributed by atoms with Gasteiger partial charge in [-0.1, -0.05) is 84.9 Å². The van der Waals surface area contributed by atoms with Gasteiger partial charge in [0.2, 0.25) is 0 Å². The molecule has 0 saturated heterocycles. The van der Waals surface area contributed by atoms with Crippen LogP contribution in [-0.4, -0.2) is 0 Å². The first-order valence-electron chi connectivity index (χ1n) is 14.4. The Labute approximate surface area is 252 Å². The molecule has 0 bridgehead atoms. The molecule has 6 aromatic rings. The van der Waals surface area contributed by atoms with Crippen molar-refractivity contribution in [1.29, 1.82) is 0 Å². The molecular weight excluding hydrogens is 528 g/mol. The molecule has 1 aliphatic carbocycles. The first-order chi connectivity index (χ1) is 20.9. The van der Waals surface area contributed by atoms with Gasteiger partial charge in [-0.2, -0.15) is 0 Å². The Morgan fingerprint density at radius 3 is 1.26 bits per heavy atom. The lowest BCUT2D eigenvalue weighted by Gasteiger charge is -2.34. The van der Waals surface area contributed by atoms with Crippen LogP contribution in [0.5, 0.6) is 23.0 Å². The number of hydrogen-bond donors (Lipinski definition) is 2. The van der Waals surface area contributed by atoms with Crippen molar-refractivity contribution in [2.24, 2.45) is 0 Å². The summed E-state index contributed by atoms with van der Waals surface area (Å²) in [7, 11) is 0. The summed E-state index contributed by atoms with van der Waals surface area (Å²) in [6.45, 7) is 4.03. The fourth-order valence-electron chi connectivity index (χ4n) is 6.35. The largest absolute Gasteiger partial charge is 0.455 e. The summed E-state index contributed by atoms with van der Waals surface area (Å²) in [4.78, 5) is 0. The minimum atomic E-state index is -0.532. The number of ether oxygens (including phenoxy) is 2. The average molecular weight is 561 g/mol. The molecule has 6 aromatic carbocycles. The monoisotopic (exact) mass is 560 g/mol. The van der Waals surface area contributed by atoms with E-state index in [2.05, 4.69) is 72.8 Å².